The summed E-state index contributed by atoms with van der Waals surface area (Å²) in [6.07, 6.45) is -1.81. The number of carbonyl (C=O) groups is 1. The molecule has 0 spiro atoms. The van der Waals surface area contributed by atoms with E-state index in [1.165, 1.54) is 23.1 Å². The lowest BCUT2D eigenvalue weighted by atomic mass is 10.1. The molecule has 8 nitrogen and oxygen atoms in total. The third kappa shape index (κ3) is 4.63. The number of hydrogen-bond donors (Lipinski definition) is 0. The topological polar surface area (TPSA) is 102 Å². The molecule has 3 aromatic rings. The van der Waals surface area contributed by atoms with Crippen LogP contribution in [-0.2, 0) is 11.3 Å². The second-order valence-electron chi connectivity index (χ2n) is 6.64. The zero-order chi connectivity index (χ0) is 21.0. The lowest BCUT2D eigenvalue weighted by molar-refractivity contribution is -0.384. The smallest absolute Gasteiger partial charge is 0.270 e. The summed E-state index contributed by atoms with van der Waals surface area (Å²) in [7, 11) is 0. The van der Waals surface area contributed by atoms with Crippen molar-refractivity contribution in [2.45, 2.75) is 32.6 Å². The number of non-ortho nitro benzene ring substituents is 1. The minimum atomic E-state index is -1.81. The van der Waals surface area contributed by atoms with Gasteiger partial charge in [0.1, 0.15) is 0 Å². The van der Waals surface area contributed by atoms with E-state index in [1.54, 1.807) is 50.2 Å². The summed E-state index contributed by atoms with van der Waals surface area (Å²) in [5.41, 5.74) is 0.545. The van der Waals surface area contributed by atoms with E-state index >= 15 is 0 Å². The number of hydrogen-bond acceptors (Lipinski definition) is 6. The number of benzene rings is 2. The molecule has 1 heterocycles. The summed E-state index contributed by atoms with van der Waals surface area (Å²) in [6.45, 7) is 3.44. The highest BCUT2D eigenvalue weighted by molar-refractivity contribution is 5.82. The van der Waals surface area contributed by atoms with Crippen LogP contribution in [-0.4, -0.2) is 32.0 Å². The van der Waals surface area contributed by atoms with Gasteiger partial charge in [0.05, 0.1) is 11.5 Å². The number of nitrogens with zero attached hydrogens (tertiary/aromatic N) is 4. The van der Waals surface area contributed by atoms with Crippen molar-refractivity contribution in [3.05, 3.63) is 76.2 Å². The molecule has 1 aromatic heterocycles. The van der Waals surface area contributed by atoms with Crippen molar-refractivity contribution >= 4 is 11.6 Å². The number of nitro benzene ring substituents is 1. The van der Waals surface area contributed by atoms with Crippen molar-refractivity contribution in [1.82, 2.24) is 15.1 Å². The van der Waals surface area contributed by atoms with E-state index < -0.39 is 17.0 Å². The van der Waals surface area contributed by atoms with E-state index in [2.05, 4.69) is 10.2 Å². The molecule has 1 unspecified atom stereocenters. The molecule has 29 heavy (non-hydrogen) atoms. The van der Waals surface area contributed by atoms with E-state index in [0.717, 1.165) is 0 Å². The number of aromatic nitrogens is 2. The number of carbonyl (C=O) groups excluding carboxylic acids is 1. The Bertz CT molecular complexity index is 1010. The highest BCUT2D eigenvalue weighted by Crippen LogP contribution is 2.25. The molecular weight excluding hydrogens is 379 g/mol. The van der Waals surface area contributed by atoms with Gasteiger partial charge in [-0.1, -0.05) is 36.4 Å². The monoisotopic (exact) mass is 398 g/mol. The summed E-state index contributed by atoms with van der Waals surface area (Å²) in [4.78, 5) is 24.4. The number of nitro groups is 1. The summed E-state index contributed by atoms with van der Waals surface area (Å²) >= 11 is 0. The van der Waals surface area contributed by atoms with Crippen LogP contribution < -0.4 is 0 Å². The van der Waals surface area contributed by atoms with Gasteiger partial charge in [0.2, 0.25) is 18.0 Å². The highest BCUT2D eigenvalue weighted by Gasteiger charge is 2.29. The Labute approximate surface area is 166 Å². The molecule has 1 atom stereocenters. The average Bonchev–Trinajstić information content (AvgIpc) is 3.20. The molecule has 1 amide bonds. The summed E-state index contributed by atoms with van der Waals surface area (Å²) in [6, 6.07) is 13.6. The van der Waals surface area contributed by atoms with Gasteiger partial charge in [-0.15, -0.1) is 10.2 Å². The third-order valence-electron chi connectivity index (χ3n) is 4.29. The molecule has 0 bridgehead atoms. The maximum atomic E-state index is 14.7. The van der Waals surface area contributed by atoms with Crippen molar-refractivity contribution in [1.29, 1.82) is 0 Å². The molecule has 0 fully saturated rings. The number of amides is 1. The first-order chi connectivity index (χ1) is 13.9. The van der Waals surface area contributed by atoms with Gasteiger partial charge in [-0.05, 0) is 25.5 Å². The van der Waals surface area contributed by atoms with Crippen LogP contribution in [0, 0.1) is 10.1 Å². The Morgan fingerprint density at radius 2 is 1.90 bits per heavy atom. The van der Waals surface area contributed by atoms with Gasteiger partial charge in [0.25, 0.3) is 11.6 Å². The van der Waals surface area contributed by atoms with Crippen molar-refractivity contribution < 1.29 is 18.5 Å². The molecule has 0 radical (unpaired) electrons. The molecule has 150 valence electrons. The second-order valence-corrected chi connectivity index (χ2v) is 6.64. The molecule has 0 N–H and O–H groups in total. The highest BCUT2D eigenvalue weighted by atomic mass is 19.1. The third-order valence-corrected chi connectivity index (χ3v) is 4.29. The van der Waals surface area contributed by atoms with Gasteiger partial charge in [-0.25, -0.2) is 4.39 Å². The molecule has 0 saturated carbocycles. The van der Waals surface area contributed by atoms with Crippen molar-refractivity contribution in [3.63, 3.8) is 0 Å². The molecule has 9 heteroatoms. The lowest BCUT2D eigenvalue weighted by Crippen LogP contribution is -2.38. The molecule has 0 saturated heterocycles. The maximum absolute atomic E-state index is 14.7. The Kier molecular flexibility index (Phi) is 5.96. The van der Waals surface area contributed by atoms with Crippen LogP contribution in [0.1, 0.15) is 31.5 Å². The van der Waals surface area contributed by atoms with Crippen molar-refractivity contribution in [2.24, 2.45) is 0 Å². The molecule has 0 aliphatic heterocycles. The minimum absolute atomic E-state index is 0.0777. The zero-order valence-corrected chi connectivity index (χ0v) is 15.9. The quantitative estimate of drug-likeness (QED) is 0.439. The first-order valence-corrected chi connectivity index (χ1v) is 8.93. The summed E-state index contributed by atoms with van der Waals surface area (Å²) in [5.74, 6) is -0.519. The zero-order valence-electron chi connectivity index (χ0n) is 15.9. The Morgan fingerprint density at radius 1 is 1.17 bits per heavy atom. The van der Waals surface area contributed by atoms with Crippen molar-refractivity contribution in [2.75, 3.05) is 0 Å². The van der Waals surface area contributed by atoms with E-state index in [4.69, 9.17) is 4.42 Å². The van der Waals surface area contributed by atoms with Crippen LogP contribution in [0.4, 0.5) is 10.1 Å². The predicted molar refractivity (Wildman–Crippen MR) is 102 cm³/mol. The average molecular weight is 398 g/mol. The summed E-state index contributed by atoms with van der Waals surface area (Å²) < 4.78 is 20.3. The first kappa shape index (κ1) is 20.1. The molecule has 0 aliphatic rings. The standard InChI is InChI=1S/C20H19FN4O4/c1-13(2)24(20(26)18(21)14-7-4-3-5-8-14)12-17-22-23-19(29-17)15-9-6-10-16(11-15)25(27)28/h3-11,13,18H,12H2,1-2H3. The lowest BCUT2D eigenvalue weighted by Gasteiger charge is -2.26. The fourth-order valence-electron chi connectivity index (χ4n) is 2.76. The fraction of sp³-hybridized carbons (Fsp3) is 0.250. The van der Waals surface area contributed by atoms with E-state index in [0.29, 0.717) is 5.56 Å². The van der Waals surface area contributed by atoms with E-state index in [-0.39, 0.29) is 35.6 Å². The summed E-state index contributed by atoms with van der Waals surface area (Å²) in [5, 5.41) is 18.7. The molecule has 3 rings (SSSR count). The fourth-order valence-corrected chi connectivity index (χ4v) is 2.76. The van der Waals surface area contributed by atoms with Crippen molar-refractivity contribution in [3.8, 4) is 11.5 Å². The van der Waals surface area contributed by atoms with Gasteiger partial charge in [0.15, 0.2) is 0 Å². The van der Waals surface area contributed by atoms with Crippen LogP contribution in [0.5, 0.6) is 0 Å². The molecule has 0 aliphatic carbocycles. The Balaban J connectivity index is 1.79. The van der Waals surface area contributed by atoms with Gasteiger partial charge >= 0.3 is 0 Å². The van der Waals surface area contributed by atoms with Crippen LogP contribution >= 0.6 is 0 Å². The first-order valence-electron chi connectivity index (χ1n) is 8.93. The van der Waals surface area contributed by atoms with Gasteiger partial charge in [-0.2, -0.15) is 0 Å². The molecule has 2 aromatic carbocycles. The number of rotatable bonds is 7. The normalized spacial score (nSPS) is 12.0. The number of alkyl halides is 1. The largest absolute Gasteiger partial charge is 0.419 e. The predicted octanol–water partition coefficient (Wildman–Crippen LogP) is 4.09. The minimum Gasteiger partial charge on any atom is -0.419 e. The SMILES string of the molecule is CC(C)N(Cc1nnc(-c2cccc([N+](=O)[O-])c2)o1)C(=O)C(F)c1ccccc1. The van der Waals surface area contributed by atoms with Gasteiger partial charge in [-0.3, -0.25) is 14.9 Å². The van der Waals surface area contributed by atoms with Gasteiger partial charge < -0.3 is 9.32 Å². The van der Waals surface area contributed by atoms with Crippen LogP contribution in [0.2, 0.25) is 0 Å². The van der Waals surface area contributed by atoms with Crippen LogP contribution in [0.15, 0.2) is 59.0 Å². The van der Waals surface area contributed by atoms with Crippen LogP contribution in [0.25, 0.3) is 11.5 Å². The van der Waals surface area contributed by atoms with E-state index in [9.17, 15) is 19.3 Å². The maximum Gasteiger partial charge on any atom is 0.270 e. The second kappa shape index (κ2) is 8.59. The Hall–Kier alpha value is -3.62. The Morgan fingerprint density at radius 3 is 2.55 bits per heavy atom. The number of halogens is 1. The van der Waals surface area contributed by atoms with Crippen LogP contribution in [0.3, 0.4) is 0 Å². The van der Waals surface area contributed by atoms with E-state index in [1.807, 2.05) is 0 Å². The van der Waals surface area contributed by atoms with Gasteiger partial charge in [0, 0.05) is 23.7 Å². The molecular formula is C20H19FN4O4.